The van der Waals surface area contributed by atoms with Crippen LogP contribution in [0.4, 0.5) is 10.9 Å². The van der Waals surface area contributed by atoms with E-state index in [9.17, 15) is 4.79 Å². The van der Waals surface area contributed by atoms with Crippen LogP contribution < -0.4 is 16.4 Å². The van der Waals surface area contributed by atoms with Gasteiger partial charge in [0.15, 0.2) is 5.13 Å². The molecule has 4 N–H and O–H groups in total. The van der Waals surface area contributed by atoms with Crippen molar-refractivity contribution in [3.63, 3.8) is 0 Å². The lowest BCUT2D eigenvalue weighted by Crippen LogP contribution is -2.24. The fourth-order valence-electron chi connectivity index (χ4n) is 1.12. The first kappa shape index (κ1) is 12.5. The first-order valence-electron chi connectivity index (χ1n) is 5.02. The molecule has 5 nitrogen and oxygen atoms in total. The third kappa shape index (κ3) is 3.23. The van der Waals surface area contributed by atoms with Crippen LogP contribution >= 0.6 is 11.3 Å². The molecule has 1 amide bonds. The lowest BCUT2D eigenvalue weighted by Gasteiger charge is -2.00. The van der Waals surface area contributed by atoms with Gasteiger partial charge in [0.1, 0.15) is 10.7 Å². The van der Waals surface area contributed by atoms with Gasteiger partial charge in [-0.2, -0.15) is 0 Å². The minimum Gasteiger partial charge on any atom is -0.382 e. The van der Waals surface area contributed by atoms with Gasteiger partial charge in [-0.15, -0.1) is 0 Å². The van der Waals surface area contributed by atoms with Gasteiger partial charge in [-0.05, 0) is 13.3 Å². The maximum absolute atomic E-state index is 11.7. The Hall–Kier alpha value is -1.56. The molecule has 0 aliphatic heterocycles. The summed E-state index contributed by atoms with van der Waals surface area (Å²) >= 11 is 1.25. The van der Waals surface area contributed by atoms with Crippen molar-refractivity contribution in [3.05, 3.63) is 17.0 Å². The second-order valence-corrected chi connectivity index (χ2v) is 4.10. The van der Waals surface area contributed by atoms with Crippen LogP contribution in [0.5, 0.6) is 0 Å². The van der Waals surface area contributed by atoms with E-state index in [-0.39, 0.29) is 11.7 Å². The number of nitrogens with one attached hydrogen (secondary N) is 2. The molecule has 1 aromatic rings. The Morgan fingerprint density at radius 1 is 1.62 bits per heavy atom. The number of amides is 1. The number of carbonyl (C=O) groups excluding carboxylic acids is 1. The van der Waals surface area contributed by atoms with Gasteiger partial charge in [-0.3, -0.25) is 4.79 Å². The molecule has 0 saturated carbocycles. The highest BCUT2D eigenvalue weighted by Gasteiger charge is 2.14. The maximum Gasteiger partial charge on any atom is 0.265 e. The van der Waals surface area contributed by atoms with Crippen molar-refractivity contribution >= 4 is 28.2 Å². The molecule has 0 bridgehead atoms. The van der Waals surface area contributed by atoms with Crippen molar-refractivity contribution in [2.24, 2.45) is 0 Å². The topological polar surface area (TPSA) is 80.0 Å². The van der Waals surface area contributed by atoms with E-state index in [4.69, 9.17) is 5.73 Å². The van der Waals surface area contributed by atoms with Gasteiger partial charge in [-0.1, -0.05) is 23.5 Å². The highest BCUT2D eigenvalue weighted by atomic mass is 32.1. The molecular weight excluding hydrogens is 224 g/mol. The zero-order valence-corrected chi connectivity index (χ0v) is 10.2. The molecule has 0 aliphatic rings. The summed E-state index contributed by atoms with van der Waals surface area (Å²) < 4.78 is 0. The summed E-state index contributed by atoms with van der Waals surface area (Å²) in [6.07, 6.45) is 4.77. The van der Waals surface area contributed by atoms with Crippen molar-refractivity contribution in [1.82, 2.24) is 10.3 Å². The van der Waals surface area contributed by atoms with Gasteiger partial charge in [0.2, 0.25) is 0 Å². The zero-order chi connectivity index (χ0) is 12.0. The van der Waals surface area contributed by atoms with Gasteiger partial charge in [0, 0.05) is 13.6 Å². The Morgan fingerprint density at radius 3 is 2.94 bits per heavy atom. The zero-order valence-electron chi connectivity index (χ0n) is 9.41. The van der Waals surface area contributed by atoms with E-state index >= 15 is 0 Å². The van der Waals surface area contributed by atoms with Crippen molar-refractivity contribution in [2.45, 2.75) is 13.3 Å². The second kappa shape index (κ2) is 6.12. The molecule has 1 heterocycles. The summed E-state index contributed by atoms with van der Waals surface area (Å²) in [5.74, 6) is 0.110. The Balaban J connectivity index is 2.55. The average Bonchev–Trinajstić information content (AvgIpc) is 2.66. The molecule has 0 radical (unpaired) electrons. The first-order chi connectivity index (χ1) is 7.69. The molecule has 1 aromatic heterocycles. The quantitative estimate of drug-likeness (QED) is 0.538. The van der Waals surface area contributed by atoms with Gasteiger partial charge in [0.05, 0.1) is 0 Å². The summed E-state index contributed by atoms with van der Waals surface area (Å²) in [5, 5.41) is 6.29. The number of thiazole rings is 1. The summed E-state index contributed by atoms with van der Waals surface area (Å²) in [7, 11) is 1.74. The lowest BCUT2D eigenvalue weighted by molar-refractivity contribution is 0.0959. The fraction of sp³-hybridized carbons (Fsp3) is 0.400. The number of nitrogen functional groups attached to an aromatic ring is 1. The average molecular weight is 240 g/mol. The molecule has 88 valence electrons. The van der Waals surface area contributed by atoms with E-state index in [1.807, 2.05) is 19.1 Å². The third-order valence-electron chi connectivity index (χ3n) is 1.91. The van der Waals surface area contributed by atoms with E-state index in [1.165, 1.54) is 11.3 Å². The smallest absolute Gasteiger partial charge is 0.265 e. The number of nitrogens with two attached hydrogens (primary N) is 1. The number of aromatic nitrogens is 1. The summed E-state index contributed by atoms with van der Waals surface area (Å²) in [5.41, 5.74) is 5.63. The van der Waals surface area contributed by atoms with Crippen LogP contribution in [0.15, 0.2) is 12.2 Å². The monoisotopic (exact) mass is 240 g/mol. The van der Waals surface area contributed by atoms with Crippen LogP contribution in [-0.2, 0) is 0 Å². The number of allylic oxidation sites excluding steroid dienone is 1. The first-order valence-corrected chi connectivity index (χ1v) is 5.84. The normalized spacial score (nSPS) is 10.6. The molecule has 16 heavy (non-hydrogen) atoms. The van der Waals surface area contributed by atoms with Crippen molar-refractivity contribution in [3.8, 4) is 0 Å². The van der Waals surface area contributed by atoms with Crippen LogP contribution in [0.2, 0.25) is 0 Å². The number of carbonyl (C=O) groups is 1. The Labute approximate surface area is 98.8 Å². The molecule has 0 aliphatic carbocycles. The fourth-order valence-corrected chi connectivity index (χ4v) is 1.87. The van der Waals surface area contributed by atoms with Gasteiger partial charge >= 0.3 is 0 Å². The summed E-state index contributed by atoms with van der Waals surface area (Å²) in [4.78, 5) is 16.2. The number of rotatable bonds is 5. The molecule has 0 fully saturated rings. The van der Waals surface area contributed by atoms with Crippen molar-refractivity contribution < 1.29 is 4.79 Å². The largest absolute Gasteiger partial charge is 0.382 e. The van der Waals surface area contributed by atoms with Crippen LogP contribution in [0.1, 0.15) is 23.0 Å². The molecule has 0 saturated heterocycles. The van der Waals surface area contributed by atoms with Crippen molar-refractivity contribution in [2.75, 3.05) is 24.6 Å². The van der Waals surface area contributed by atoms with Gasteiger partial charge in [-0.25, -0.2) is 4.98 Å². The second-order valence-electron chi connectivity index (χ2n) is 3.10. The standard InChI is InChI=1S/C10H16N4OS/c1-3-4-5-6-13-9(15)7-8(11)14-10(12-2)16-7/h3-4H,5-6,11H2,1-2H3,(H,12,14)(H,13,15)/b4-3+. The van der Waals surface area contributed by atoms with E-state index in [2.05, 4.69) is 15.6 Å². The molecule has 1 rings (SSSR count). The molecule has 0 unspecified atom stereocenters. The number of anilines is 2. The van der Waals surface area contributed by atoms with E-state index in [0.717, 1.165) is 6.42 Å². The van der Waals surface area contributed by atoms with Crippen LogP contribution in [0.3, 0.4) is 0 Å². The molecular formula is C10H16N4OS. The predicted octanol–water partition coefficient (Wildman–Crippen LogP) is 1.46. The van der Waals surface area contributed by atoms with E-state index < -0.39 is 0 Å². The number of hydrogen-bond acceptors (Lipinski definition) is 5. The highest BCUT2D eigenvalue weighted by Crippen LogP contribution is 2.23. The van der Waals surface area contributed by atoms with Crippen molar-refractivity contribution in [1.29, 1.82) is 0 Å². The summed E-state index contributed by atoms with van der Waals surface area (Å²) in [6.45, 7) is 2.55. The third-order valence-corrected chi connectivity index (χ3v) is 2.99. The van der Waals surface area contributed by atoms with E-state index in [1.54, 1.807) is 7.05 Å². The Bertz CT molecular complexity index is 386. The highest BCUT2D eigenvalue weighted by molar-refractivity contribution is 7.18. The maximum atomic E-state index is 11.7. The van der Waals surface area contributed by atoms with Crippen LogP contribution in [0.25, 0.3) is 0 Å². The minimum absolute atomic E-state index is 0.166. The minimum atomic E-state index is -0.166. The Morgan fingerprint density at radius 2 is 2.38 bits per heavy atom. The number of nitrogens with zero attached hydrogens (tertiary/aromatic N) is 1. The molecule has 0 aromatic carbocycles. The molecule has 6 heteroatoms. The van der Waals surface area contributed by atoms with Gasteiger partial charge in [0.25, 0.3) is 5.91 Å². The molecule has 0 spiro atoms. The van der Waals surface area contributed by atoms with Gasteiger partial charge < -0.3 is 16.4 Å². The van der Waals surface area contributed by atoms with E-state index in [0.29, 0.717) is 16.6 Å². The molecule has 0 atom stereocenters. The Kier molecular flexibility index (Phi) is 4.78. The summed E-state index contributed by atoms with van der Waals surface area (Å²) in [6, 6.07) is 0. The SMILES string of the molecule is C/C=C/CCNC(=O)c1sc(NC)nc1N. The number of hydrogen-bond donors (Lipinski definition) is 3. The predicted molar refractivity (Wildman–Crippen MR) is 67.8 cm³/mol. The van der Waals surface area contributed by atoms with Crippen LogP contribution in [0, 0.1) is 0 Å². The lowest BCUT2D eigenvalue weighted by atomic mass is 10.3. The van der Waals surface area contributed by atoms with Crippen LogP contribution in [-0.4, -0.2) is 24.5 Å².